The number of carbonyl (C=O) groups excluding carboxylic acids is 4. The molecule has 0 aliphatic heterocycles. The van der Waals surface area contributed by atoms with Crippen LogP contribution in [0.25, 0.3) is 0 Å². The van der Waals surface area contributed by atoms with Crippen LogP contribution in [0, 0.1) is 11.8 Å². The average molecular weight is 705 g/mol. The molecule has 3 rings (SSSR count). The minimum atomic E-state index is -4.32. The van der Waals surface area contributed by atoms with Gasteiger partial charge in [0.05, 0.1) is 30.2 Å². The molecule has 4 N–H and O–H groups in total. The topological polar surface area (TPSA) is 190 Å². The van der Waals surface area contributed by atoms with Gasteiger partial charge < -0.3 is 20.5 Å². The molecule has 0 saturated heterocycles. The molecule has 0 aromatic heterocycles. The highest BCUT2D eigenvalue weighted by molar-refractivity contribution is 7.87. The van der Waals surface area contributed by atoms with Gasteiger partial charge in [-0.05, 0) is 70.1 Å². The van der Waals surface area contributed by atoms with Gasteiger partial charge in [-0.15, -0.1) is 0 Å². The zero-order valence-corrected chi connectivity index (χ0v) is 29.4. The van der Waals surface area contributed by atoms with Crippen molar-refractivity contribution in [3.05, 3.63) is 71.8 Å². The van der Waals surface area contributed by atoms with Gasteiger partial charge in [0.2, 0.25) is 5.91 Å². The van der Waals surface area contributed by atoms with E-state index in [-0.39, 0.29) is 37.6 Å². The van der Waals surface area contributed by atoms with Crippen molar-refractivity contribution in [1.29, 1.82) is 0 Å². The molecule has 1 aliphatic carbocycles. The summed E-state index contributed by atoms with van der Waals surface area (Å²) in [6.45, 7) is 8.00. The Morgan fingerprint density at radius 1 is 0.980 bits per heavy atom. The second-order valence-electron chi connectivity index (χ2n) is 12.9. The summed E-state index contributed by atoms with van der Waals surface area (Å²) in [7, 11) is -4.32. The number of aliphatic hydroxyl groups is 1. The number of nitrogens with zero attached hydrogens (tertiary/aromatic N) is 1. The summed E-state index contributed by atoms with van der Waals surface area (Å²) in [5.41, 5.74) is -0.605. The summed E-state index contributed by atoms with van der Waals surface area (Å²) in [4.78, 5) is 59.6. The highest BCUT2D eigenvalue weighted by Crippen LogP contribution is 2.28. The lowest BCUT2D eigenvalue weighted by molar-refractivity contribution is -0.184. The van der Waals surface area contributed by atoms with Gasteiger partial charge in [-0.2, -0.15) is 17.4 Å². The summed E-state index contributed by atoms with van der Waals surface area (Å²) in [6, 6.07) is 15.5. The van der Waals surface area contributed by atoms with Gasteiger partial charge in [0.25, 0.3) is 10.2 Å². The highest BCUT2D eigenvalue weighted by Gasteiger charge is 2.41. The molecular weight excluding hydrogens is 656 g/mol. The number of rotatable bonds is 17. The first-order valence-corrected chi connectivity index (χ1v) is 17.8. The maximum absolute atomic E-state index is 13.6. The largest absolute Gasteiger partial charge is 0.465 e. The van der Waals surface area contributed by atoms with Gasteiger partial charge >= 0.3 is 18.0 Å². The van der Waals surface area contributed by atoms with E-state index in [1.165, 1.54) is 26.0 Å². The Morgan fingerprint density at radius 3 is 2.18 bits per heavy atom. The van der Waals surface area contributed by atoms with Gasteiger partial charge in [-0.25, -0.2) is 19.4 Å². The number of benzene rings is 2. The van der Waals surface area contributed by atoms with Crippen molar-refractivity contribution in [2.24, 2.45) is 11.8 Å². The Balaban J connectivity index is 1.71. The third-order valence-corrected chi connectivity index (χ3v) is 9.84. The molecule has 0 radical (unpaired) electrons. The van der Waals surface area contributed by atoms with Crippen LogP contribution in [0.2, 0.25) is 0 Å². The summed E-state index contributed by atoms with van der Waals surface area (Å²) in [5.74, 6) is -2.63. The maximum Gasteiger partial charge on any atom is 0.450 e. The zero-order valence-electron chi connectivity index (χ0n) is 28.6. The number of carbonyl (C=O) groups is 4. The number of aliphatic hydroxyl groups excluding tert-OH is 1. The standard InChI is InChI=1S/C34H48N4O10S/c1-6-46-32(42)34(4,5)37-49(44,45)38(20-19-23(2)3)22-29(39)28(21-24-13-9-7-10-14-24)35-30(40)26-17-18-27(26)36-33(43)48-47-31(41)25-15-11-8-12-16-25/h7-16,23,26-29,37,39H,6,17-22H2,1-5H3,(H,35,40)(H,36,43). The first kappa shape index (κ1) is 39.4. The number of nitrogens with one attached hydrogen (secondary N) is 3. The maximum atomic E-state index is 13.6. The second kappa shape index (κ2) is 18.1. The predicted molar refractivity (Wildman–Crippen MR) is 180 cm³/mol. The molecule has 14 nitrogen and oxygen atoms in total. The van der Waals surface area contributed by atoms with Crippen LogP contribution in [0.1, 0.15) is 69.8 Å². The number of ether oxygens (including phenoxy) is 1. The van der Waals surface area contributed by atoms with E-state index >= 15 is 0 Å². The van der Waals surface area contributed by atoms with Gasteiger partial charge in [-0.1, -0.05) is 62.4 Å². The van der Waals surface area contributed by atoms with Crippen molar-refractivity contribution in [2.45, 2.75) is 84.0 Å². The minimum Gasteiger partial charge on any atom is -0.465 e. The molecular formula is C34H48N4O10S. The first-order chi connectivity index (χ1) is 23.1. The summed E-state index contributed by atoms with van der Waals surface area (Å²) >= 11 is 0. The fraction of sp³-hybridized carbons (Fsp3) is 0.529. The van der Waals surface area contributed by atoms with Crippen LogP contribution in [0.3, 0.4) is 0 Å². The van der Waals surface area contributed by atoms with Crippen LogP contribution >= 0.6 is 0 Å². The molecule has 2 aromatic carbocycles. The predicted octanol–water partition coefficient (Wildman–Crippen LogP) is 2.88. The summed E-state index contributed by atoms with van der Waals surface area (Å²) in [5, 5.41) is 16.9. The summed E-state index contributed by atoms with van der Waals surface area (Å²) in [6.07, 6.45) is -0.888. The lowest BCUT2D eigenvalue weighted by atomic mass is 9.78. The van der Waals surface area contributed by atoms with Crippen molar-refractivity contribution in [2.75, 3.05) is 19.7 Å². The van der Waals surface area contributed by atoms with Crippen molar-refractivity contribution in [3.8, 4) is 0 Å². The quantitative estimate of drug-likeness (QED) is 0.108. The van der Waals surface area contributed by atoms with Crippen LogP contribution in [0.5, 0.6) is 0 Å². The van der Waals surface area contributed by atoms with Crippen LogP contribution in [-0.4, -0.2) is 85.2 Å². The smallest absolute Gasteiger partial charge is 0.450 e. The number of hydrogen-bond acceptors (Lipinski definition) is 10. The highest BCUT2D eigenvalue weighted by atomic mass is 32.2. The van der Waals surface area contributed by atoms with E-state index < -0.39 is 63.8 Å². The number of esters is 1. The minimum absolute atomic E-state index is 0.0422. The Morgan fingerprint density at radius 2 is 1.61 bits per heavy atom. The van der Waals surface area contributed by atoms with Crippen LogP contribution < -0.4 is 15.4 Å². The Labute approximate surface area is 288 Å². The van der Waals surface area contributed by atoms with E-state index in [1.54, 1.807) is 25.1 Å². The Hall–Kier alpha value is -4.05. The molecule has 15 heteroatoms. The van der Waals surface area contributed by atoms with Crippen molar-refractivity contribution in [3.63, 3.8) is 0 Å². The van der Waals surface area contributed by atoms with Gasteiger partial charge in [0, 0.05) is 19.1 Å². The normalized spacial score (nSPS) is 17.4. The Kier molecular flexibility index (Phi) is 14.5. The molecule has 0 heterocycles. The van der Waals surface area contributed by atoms with Gasteiger partial charge in [-0.3, -0.25) is 9.59 Å². The third-order valence-electron chi connectivity index (χ3n) is 8.06. The molecule has 0 spiro atoms. The molecule has 1 fully saturated rings. The van der Waals surface area contributed by atoms with Gasteiger partial charge in [0.1, 0.15) is 5.54 Å². The second-order valence-corrected chi connectivity index (χ2v) is 14.6. The molecule has 1 saturated carbocycles. The molecule has 0 bridgehead atoms. The van der Waals surface area contributed by atoms with E-state index in [1.807, 2.05) is 44.2 Å². The molecule has 49 heavy (non-hydrogen) atoms. The van der Waals surface area contributed by atoms with E-state index in [2.05, 4.69) is 25.1 Å². The van der Waals surface area contributed by atoms with Crippen LogP contribution in [0.4, 0.5) is 4.79 Å². The third kappa shape index (κ3) is 12.1. The van der Waals surface area contributed by atoms with Crippen molar-refractivity contribution < 1.29 is 47.2 Å². The molecule has 4 atom stereocenters. The molecule has 2 amide bonds. The molecule has 2 aromatic rings. The zero-order chi connectivity index (χ0) is 36.2. The lowest BCUT2D eigenvalue weighted by Crippen LogP contribution is -2.59. The SMILES string of the molecule is CCOC(=O)C(C)(C)NS(=O)(=O)N(CCC(C)C)CC(O)C(Cc1ccccc1)NC(=O)C1CCC1NC(=O)OOC(=O)c1ccccc1. The molecule has 1 aliphatic rings. The van der Waals surface area contributed by atoms with E-state index in [0.29, 0.717) is 19.3 Å². The lowest BCUT2D eigenvalue weighted by Gasteiger charge is -2.37. The monoisotopic (exact) mass is 704 g/mol. The van der Waals surface area contributed by atoms with Crippen LogP contribution in [0.15, 0.2) is 60.7 Å². The summed E-state index contributed by atoms with van der Waals surface area (Å²) < 4.78 is 35.7. The fourth-order valence-corrected chi connectivity index (χ4v) is 6.64. The molecule has 4 unspecified atom stereocenters. The van der Waals surface area contributed by atoms with Crippen LogP contribution in [-0.2, 0) is 40.7 Å². The van der Waals surface area contributed by atoms with Crippen molar-refractivity contribution in [1.82, 2.24) is 19.7 Å². The average Bonchev–Trinajstić information content (AvgIpc) is 3.03. The Bertz CT molecular complexity index is 1510. The van der Waals surface area contributed by atoms with E-state index in [0.717, 1.165) is 9.87 Å². The van der Waals surface area contributed by atoms with E-state index in [4.69, 9.17) is 4.74 Å². The molecule has 270 valence electrons. The fourth-order valence-electron chi connectivity index (χ4n) is 5.09. The van der Waals surface area contributed by atoms with E-state index in [9.17, 15) is 32.7 Å². The number of hydrogen-bond donors (Lipinski definition) is 4. The number of amides is 2. The van der Waals surface area contributed by atoms with Crippen molar-refractivity contribution >= 4 is 34.1 Å². The van der Waals surface area contributed by atoms with Gasteiger partial charge in [0.15, 0.2) is 0 Å². The first-order valence-electron chi connectivity index (χ1n) is 16.4.